The lowest BCUT2D eigenvalue weighted by atomic mass is 9.99. The Balaban J connectivity index is 1.63. The summed E-state index contributed by atoms with van der Waals surface area (Å²) >= 11 is 0. The van der Waals surface area contributed by atoms with Gasteiger partial charge in [0.1, 0.15) is 5.82 Å². The molecular weight excluding hydrogens is 321 g/mol. The van der Waals surface area contributed by atoms with E-state index < -0.39 is 0 Å². The van der Waals surface area contributed by atoms with Crippen molar-refractivity contribution in [1.82, 2.24) is 10.2 Å². The summed E-state index contributed by atoms with van der Waals surface area (Å²) in [5, 5.41) is 5.46. The molecule has 0 bridgehead atoms. The van der Waals surface area contributed by atoms with E-state index >= 15 is 0 Å². The van der Waals surface area contributed by atoms with Crippen LogP contribution in [0.15, 0.2) is 36.4 Å². The minimum atomic E-state index is -0.376. The number of likely N-dealkylation sites (N-methyl/N-ethyl adjacent to an activating group) is 1. The maximum absolute atomic E-state index is 13.3. The van der Waals surface area contributed by atoms with Gasteiger partial charge >= 0.3 is 6.03 Å². The zero-order valence-corrected chi connectivity index (χ0v) is 14.2. The SMILES string of the molecule is Cc1cc(CNC(=O)Nc2ccc3c(c2)C(=O)N(C)CC3)ccc1F. The van der Waals surface area contributed by atoms with Gasteiger partial charge in [0.2, 0.25) is 0 Å². The third-order valence-electron chi connectivity index (χ3n) is 4.34. The number of halogens is 1. The number of aryl methyl sites for hydroxylation is 1. The number of hydrogen-bond acceptors (Lipinski definition) is 2. The van der Waals surface area contributed by atoms with E-state index in [0.717, 1.165) is 17.5 Å². The summed E-state index contributed by atoms with van der Waals surface area (Å²) in [6, 6.07) is 9.71. The van der Waals surface area contributed by atoms with E-state index in [1.54, 1.807) is 43.1 Å². The molecule has 6 heteroatoms. The number of rotatable bonds is 3. The van der Waals surface area contributed by atoms with Crippen LogP contribution in [0.4, 0.5) is 14.9 Å². The van der Waals surface area contributed by atoms with Crippen LogP contribution >= 0.6 is 0 Å². The fourth-order valence-corrected chi connectivity index (χ4v) is 2.84. The molecule has 0 fully saturated rings. The van der Waals surface area contributed by atoms with Crippen LogP contribution in [-0.2, 0) is 13.0 Å². The number of fused-ring (bicyclic) bond motifs is 1. The molecule has 1 heterocycles. The van der Waals surface area contributed by atoms with E-state index in [1.165, 1.54) is 6.07 Å². The van der Waals surface area contributed by atoms with E-state index in [0.29, 0.717) is 29.9 Å². The van der Waals surface area contributed by atoms with Gasteiger partial charge in [-0.1, -0.05) is 18.2 Å². The summed E-state index contributed by atoms with van der Waals surface area (Å²) in [6.45, 7) is 2.68. The summed E-state index contributed by atoms with van der Waals surface area (Å²) < 4.78 is 13.3. The molecule has 0 radical (unpaired) electrons. The van der Waals surface area contributed by atoms with Gasteiger partial charge in [0.05, 0.1) is 0 Å². The number of carbonyl (C=O) groups is 2. The monoisotopic (exact) mass is 341 g/mol. The fraction of sp³-hybridized carbons (Fsp3) is 0.263. The highest BCUT2D eigenvalue weighted by molar-refractivity contribution is 5.98. The van der Waals surface area contributed by atoms with Crippen molar-refractivity contribution in [3.63, 3.8) is 0 Å². The maximum Gasteiger partial charge on any atom is 0.319 e. The molecule has 25 heavy (non-hydrogen) atoms. The van der Waals surface area contributed by atoms with Crippen molar-refractivity contribution < 1.29 is 14.0 Å². The zero-order chi connectivity index (χ0) is 18.0. The summed E-state index contributed by atoms with van der Waals surface area (Å²) in [4.78, 5) is 25.9. The van der Waals surface area contributed by atoms with Crippen LogP contribution in [0.2, 0.25) is 0 Å². The third kappa shape index (κ3) is 3.79. The lowest BCUT2D eigenvalue weighted by Crippen LogP contribution is -2.34. The van der Waals surface area contributed by atoms with Gasteiger partial charge in [-0.3, -0.25) is 4.79 Å². The van der Waals surface area contributed by atoms with Gasteiger partial charge in [0, 0.05) is 31.4 Å². The van der Waals surface area contributed by atoms with Crippen molar-refractivity contribution in [2.24, 2.45) is 0 Å². The van der Waals surface area contributed by atoms with E-state index in [2.05, 4.69) is 10.6 Å². The first-order chi connectivity index (χ1) is 11.9. The minimum Gasteiger partial charge on any atom is -0.341 e. The summed E-state index contributed by atoms with van der Waals surface area (Å²) in [6.07, 6.45) is 0.813. The predicted octanol–water partition coefficient (Wildman–Crippen LogP) is 3.08. The summed E-state index contributed by atoms with van der Waals surface area (Å²) in [5.41, 5.74) is 3.54. The molecule has 0 aliphatic carbocycles. The summed E-state index contributed by atoms with van der Waals surface area (Å²) in [7, 11) is 1.77. The smallest absolute Gasteiger partial charge is 0.319 e. The number of hydrogen-bond donors (Lipinski definition) is 2. The molecule has 1 aliphatic rings. The second-order valence-corrected chi connectivity index (χ2v) is 6.24. The molecule has 0 saturated heterocycles. The normalized spacial score (nSPS) is 13.4. The molecule has 0 atom stereocenters. The second-order valence-electron chi connectivity index (χ2n) is 6.24. The van der Waals surface area contributed by atoms with Gasteiger partial charge in [-0.2, -0.15) is 0 Å². The van der Waals surface area contributed by atoms with Crippen LogP contribution in [0, 0.1) is 12.7 Å². The topological polar surface area (TPSA) is 61.4 Å². The van der Waals surface area contributed by atoms with Crippen LogP contribution < -0.4 is 10.6 Å². The standard InChI is InChI=1S/C19H20FN3O2/c1-12-9-13(3-6-17(12)20)11-21-19(25)22-15-5-4-14-7-8-23(2)18(24)16(14)10-15/h3-6,9-10H,7-8,11H2,1-2H3,(H2,21,22,25). The molecule has 5 nitrogen and oxygen atoms in total. The second kappa shape index (κ2) is 6.93. The zero-order valence-electron chi connectivity index (χ0n) is 14.2. The Bertz CT molecular complexity index is 835. The molecule has 0 aromatic heterocycles. The molecule has 0 saturated carbocycles. The van der Waals surface area contributed by atoms with Gasteiger partial charge in [0.15, 0.2) is 0 Å². The van der Waals surface area contributed by atoms with Crippen LogP contribution in [0.25, 0.3) is 0 Å². The average Bonchev–Trinajstić information content (AvgIpc) is 2.60. The highest BCUT2D eigenvalue weighted by atomic mass is 19.1. The van der Waals surface area contributed by atoms with Crippen molar-refractivity contribution in [2.45, 2.75) is 19.9 Å². The molecule has 2 N–H and O–H groups in total. The highest BCUT2D eigenvalue weighted by Crippen LogP contribution is 2.22. The van der Waals surface area contributed by atoms with Crippen LogP contribution in [0.3, 0.4) is 0 Å². The van der Waals surface area contributed by atoms with Gasteiger partial charge in [-0.05, 0) is 48.2 Å². The lowest BCUT2D eigenvalue weighted by molar-refractivity contribution is 0.0781. The Morgan fingerprint density at radius 3 is 2.80 bits per heavy atom. The molecule has 130 valence electrons. The van der Waals surface area contributed by atoms with Gasteiger partial charge in [-0.15, -0.1) is 0 Å². The average molecular weight is 341 g/mol. The first-order valence-electron chi connectivity index (χ1n) is 8.12. The Hall–Kier alpha value is -2.89. The number of urea groups is 1. The Morgan fingerprint density at radius 2 is 2.04 bits per heavy atom. The number of anilines is 1. The Kier molecular flexibility index (Phi) is 4.70. The number of nitrogens with one attached hydrogen (secondary N) is 2. The van der Waals surface area contributed by atoms with Crippen molar-refractivity contribution >= 4 is 17.6 Å². The molecule has 1 aliphatic heterocycles. The molecule has 3 amide bonds. The number of nitrogens with zero attached hydrogens (tertiary/aromatic N) is 1. The molecule has 2 aromatic rings. The number of carbonyl (C=O) groups excluding carboxylic acids is 2. The van der Waals surface area contributed by atoms with E-state index in [4.69, 9.17) is 0 Å². The largest absolute Gasteiger partial charge is 0.341 e. The highest BCUT2D eigenvalue weighted by Gasteiger charge is 2.21. The first kappa shape index (κ1) is 17.0. The maximum atomic E-state index is 13.3. The molecule has 3 rings (SSSR count). The van der Waals surface area contributed by atoms with Crippen molar-refractivity contribution in [2.75, 3.05) is 18.9 Å². The van der Waals surface area contributed by atoms with Crippen LogP contribution in [0.5, 0.6) is 0 Å². The summed E-state index contributed by atoms with van der Waals surface area (Å²) in [5.74, 6) is -0.302. The Labute approximate surface area is 145 Å². The number of benzene rings is 2. The predicted molar refractivity (Wildman–Crippen MR) is 94.1 cm³/mol. The van der Waals surface area contributed by atoms with Crippen molar-refractivity contribution in [1.29, 1.82) is 0 Å². The van der Waals surface area contributed by atoms with E-state index in [1.807, 2.05) is 6.07 Å². The molecule has 0 spiro atoms. The molecule has 2 aromatic carbocycles. The Morgan fingerprint density at radius 1 is 1.24 bits per heavy atom. The van der Waals surface area contributed by atoms with Crippen molar-refractivity contribution in [3.8, 4) is 0 Å². The number of amides is 3. The van der Waals surface area contributed by atoms with Crippen LogP contribution in [-0.4, -0.2) is 30.4 Å². The molecular formula is C19H20FN3O2. The van der Waals surface area contributed by atoms with Crippen LogP contribution in [0.1, 0.15) is 27.0 Å². The van der Waals surface area contributed by atoms with Gasteiger partial charge in [0.25, 0.3) is 5.91 Å². The van der Waals surface area contributed by atoms with Gasteiger partial charge in [-0.25, -0.2) is 9.18 Å². The van der Waals surface area contributed by atoms with E-state index in [-0.39, 0.29) is 17.8 Å². The third-order valence-corrected chi connectivity index (χ3v) is 4.34. The quantitative estimate of drug-likeness (QED) is 0.901. The minimum absolute atomic E-state index is 0.0351. The first-order valence-corrected chi connectivity index (χ1v) is 8.12. The van der Waals surface area contributed by atoms with Crippen molar-refractivity contribution in [3.05, 3.63) is 64.5 Å². The van der Waals surface area contributed by atoms with E-state index in [9.17, 15) is 14.0 Å². The lowest BCUT2D eigenvalue weighted by Gasteiger charge is -2.25. The van der Waals surface area contributed by atoms with Gasteiger partial charge < -0.3 is 15.5 Å². The fourth-order valence-electron chi connectivity index (χ4n) is 2.84. The molecule has 0 unspecified atom stereocenters.